The molecule has 0 radical (unpaired) electrons. The van der Waals surface area contributed by atoms with Gasteiger partial charge < -0.3 is 9.29 Å². The zero-order chi connectivity index (χ0) is 8.85. The summed E-state index contributed by atoms with van der Waals surface area (Å²) in [4.78, 5) is 0. The van der Waals surface area contributed by atoms with E-state index in [1.807, 2.05) is 13.8 Å². The van der Waals surface area contributed by atoms with Gasteiger partial charge in [-0.25, -0.2) is 0 Å². The zero-order valence-electron chi connectivity index (χ0n) is 7.79. The molecule has 0 spiro atoms. The first-order valence-corrected chi connectivity index (χ1v) is 5.66. The van der Waals surface area contributed by atoms with Crippen LogP contribution < -0.4 is 0 Å². The van der Waals surface area contributed by atoms with Crippen molar-refractivity contribution in [2.45, 2.75) is 26.9 Å². The highest BCUT2D eigenvalue weighted by Gasteiger charge is 2.08. The molecular formula is C8H18O2S. The van der Waals surface area contributed by atoms with Crippen LogP contribution >= 0.6 is 0 Å². The Bertz CT molecular complexity index is 94.1. The van der Waals surface area contributed by atoms with Gasteiger partial charge in [-0.15, -0.1) is 0 Å². The molecule has 0 saturated heterocycles. The summed E-state index contributed by atoms with van der Waals surface area (Å²) in [5.74, 6) is 1.15. The second-order valence-electron chi connectivity index (χ2n) is 3.23. The standard InChI is InChI=1S/C8H18O2S/c1-7(2)10-5-8(3)6-11(4)9/h7-8H,5-6H2,1-4H3. The van der Waals surface area contributed by atoms with Crippen LogP contribution in [0.2, 0.25) is 0 Å². The van der Waals surface area contributed by atoms with Gasteiger partial charge in [-0.05, 0) is 13.8 Å². The lowest BCUT2D eigenvalue weighted by Gasteiger charge is -2.14. The number of hydrogen-bond donors (Lipinski definition) is 0. The van der Waals surface area contributed by atoms with Crippen molar-refractivity contribution in [1.29, 1.82) is 0 Å². The quantitative estimate of drug-likeness (QED) is 0.596. The molecule has 0 heterocycles. The molecule has 0 aromatic rings. The van der Waals surface area contributed by atoms with E-state index < -0.39 is 11.2 Å². The Morgan fingerprint density at radius 2 is 1.91 bits per heavy atom. The maximum atomic E-state index is 10.8. The fourth-order valence-corrected chi connectivity index (χ4v) is 1.70. The largest absolute Gasteiger partial charge is 0.617 e. The third-order valence-corrected chi connectivity index (χ3v) is 2.27. The molecule has 2 nitrogen and oxygen atoms in total. The second kappa shape index (κ2) is 5.86. The van der Waals surface area contributed by atoms with Crippen LogP contribution in [0.1, 0.15) is 20.8 Å². The molecule has 0 N–H and O–H groups in total. The van der Waals surface area contributed by atoms with Crippen molar-refractivity contribution >= 4 is 11.2 Å². The fourth-order valence-electron chi connectivity index (χ4n) is 0.806. The molecule has 11 heavy (non-hydrogen) atoms. The molecule has 3 heteroatoms. The maximum Gasteiger partial charge on any atom is 0.110 e. The molecule has 0 aromatic heterocycles. The molecule has 0 saturated carbocycles. The Balaban J connectivity index is 3.29. The van der Waals surface area contributed by atoms with Crippen LogP contribution in [0, 0.1) is 5.92 Å². The Labute approximate surface area is 72.5 Å². The molecular weight excluding hydrogens is 160 g/mol. The lowest BCUT2D eigenvalue weighted by Crippen LogP contribution is -2.19. The van der Waals surface area contributed by atoms with E-state index in [4.69, 9.17) is 4.74 Å². The Hall–Kier alpha value is 0.270. The lowest BCUT2D eigenvalue weighted by atomic mass is 10.2. The van der Waals surface area contributed by atoms with E-state index in [1.165, 1.54) is 0 Å². The van der Waals surface area contributed by atoms with Crippen molar-refractivity contribution < 1.29 is 9.29 Å². The van der Waals surface area contributed by atoms with Gasteiger partial charge in [0.1, 0.15) is 5.75 Å². The summed E-state index contributed by atoms with van der Waals surface area (Å²) in [6.07, 6.45) is 2.01. The Morgan fingerprint density at radius 1 is 1.36 bits per heavy atom. The maximum absolute atomic E-state index is 10.8. The second-order valence-corrected chi connectivity index (χ2v) is 4.71. The third kappa shape index (κ3) is 8.17. The van der Waals surface area contributed by atoms with Crippen molar-refractivity contribution in [3.05, 3.63) is 0 Å². The first-order chi connectivity index (χ1) is 5.02. The molecule has 2 atom stereocenters. The SMILES string of the molecule is CC(COC(C)C)C[S+](C)[O-]. The van der Waals surface area contributed by atoms with Gasteiger partial charge in [0, 0.05) is 5.92 Å². The summed E-state index contributed by atoms with van der Waals surface area (Å²) in [6, 6.07) is 0. The Kier molecular flexibility index (Phi) is 6.01. The van der Waals surface area contributed by atoms with Crippen LogP contribution in [-0.4, -0.2) is 29.3 Å². The summed E-state index contributed by atoms with van der Waals surface area (Å²) in [5, 5.41) is 0. The fraction of sp³-hybridized carbons (Fsp3) is 1.00. The van der Waals surface area contributed by atoms with Crippen LogP contribution in [0.4, 0.5) is 0 Å². The van der Waals surface area contributed by atoms with E-state index in [-0.39, 0.29) is 6.10 Å². The highest BCUT2D eigenvalue weighted by molar-refractivity contribution is 7.90. The molecule has 2 unspecified atom stereocenters. The molecule has 0 fully saturated rings. The van der Waals surface area contributed by atoms with Gasteiger partial charge in [-0.1, -0.05) is 18.1 Å². The zero-order valence-corrected chi connectivity index (χ0v) is 8.61. The minimum absolute atomic E-state index is 0.280. The van der Waals surface area contributed by atoms with Crippen LogP contribution in [-0.2, 0) is 15.9 Å². The average molecular weight is 178 g/mol. The van der Waals surface area contributed by atoms with E-state index in [1.54, 1.807) is 6.26 Å². The first-order valence-electron chi connectivity index (χ1n) is 3.94. The third-order valence-electron chi connectivity index (χ3n) is 1.23. The summed E-state index contributed by atoms with van der Waals surface area (Å²) in [6.45, 7) is 6.80. The van der Waals surface area contributed by atoms with Gasteiger partial charge in [0.2, 0.25) is 0 Å². The van der Waals surface area contributed by atoms with Gasteiger partial charge in [0.15, 0.2) is 0 Å². The van der Waals surface area contributed by atoms with Gasteiger partial charge in [0.05, 0.1) is 19.0 Å². The van der Waals surface area contributed by atoms with Gasteiger partial charge in [0.25, 0.3) is 0 Å². The summed E-state index contributed by atoms with van der Waals surface area (Å²) in [5.41, 5.74) is 0. The van der Waals surface area contributed by atoms with E-state index in [0.717, 1.165) is 12.4 Å². The van der Waals surface area contributed by atoms with Crippen LogP contribution in [0.5, 0.6) is 0 Å². The van der Waals surface area contributed by atoms with Crippen LogP contribution in [0.3, 0.4) is 0 Å². The van der Waals surface area contributed by atoms with E-state index >= 15 is 0 Å². The highest BCUT2D eigenvalue weighted by Crippen LogP contribution is 2.02. The summed E-state index contributed by atoms with van der Waals surface area (Å²) >= 11 is -0.690. The normalized spacial score (nSPS) is 16.9. The molecule has 0 bridgehead atoms. The minimum atomic E-state index is -0.690. The predicted molar refractivity (Wildman–Crippen MR) is 49.2 cm³/mol. The van der Waals surface area contributed by atoms with Gasteiger partial charge in [-0.3, -0.25) is 0 Å². The molecule has 0 aliphatic heterocycles. The topological polar surface area (TPSA) is 32.3 Å². The van der Waals surface area contributed by atoms with Gasteiger partial charge >= 0.3 is 0 Å². The van der Waals surface area contributed by atoms with Crippen molar-refractivity contribution in [3.8, 4) is 0 Å². The first kappa shape index (κ1) is 11.3. The molecule has 0 aliphatic carbocycles. The molecule has 68 valence electrons. The highest BCUT2D eigenvalue weighted by atomic mass is 32.2. The number of rotatable bonds is 5. The van der Waals surface area contributed by atoms with Crippen molar-refractivity contribution in [3.63, 3.8) is 0 Å². The monoisotopic (exact) mass is 178 g/mol. The van der Waals surface area contributed by atoms with E-state index in [9.17, 15) is 4.55 Å². The molecule has 0 aromatic carbocycles. The smallest absolute Gasteiger partial charge is 0.110 e. The average Bonchev–Trinajstić information content (AvgIpc) is 1.82. The van der Waals surface area contributed by atoms with Crippen molar-refractivity contribution in [2.24, 2.45) is 5.92 Å². The summed E-state index contributed by atoms with van der Waals surface area (Å²) < 4.78 is 16.1. The lowest BCUT2D eigenvalue weighted by molar-refractivity contribution is 0.0599. The number of hydrogen-bond acceptors (Lipinski definition) is 2. The van der Waals surface area contributed by atoms with Gasteiger partial charge in [-0.2, -0.15) is 0 Å². The molecule has 0 rings (SSSR count). The Morgan fingerprint density at radius 3 is 2.27 bits per heavy atom. The molecule has 0 amide bonds. The minimum Gasteiger partial charge on any atom is -0.617 e. The van der Waals surface area contributed by atoms with Crippen LogP contribution in [0.25, 0.3) is 0 Å². The van der Waals surface area contributed by atoms with Crippen molar-refractivity contribution in [2.75, 3.05) is 18.6 Å². The van der Waals surface area contributed by atoms with Crippen molar-refractivity contribution in [1.82, 2.24) is 0 Å². The molecule has 0 aliphatic rings. The predicted octanol–water partition coefficient (Wildman–Crippen LogP) is 1.43. The van der Waals surface area contributed by atoms with E-state index in [0.29, 0.717) is 5.92 Å². The number of ether oxygens (including phenoxy) is 1. The van der Waals surface area contributed by atoms with Crippen LogP contribution in [0.15, 0.2) is 0 Å². The summed E-state index contributed by atoms with van der Waals surface area (Å²) in [7, 11) is 0. The van der Waals surface area contributed by atoms with E-state index in [2.05, 4.69) is 6.92 Å².